The maximum atomic E-state index is 3.92. The Balaban J connectivity index is 2.20. The van der Waals surface area contributed by atoms with Crippen molar-refractivity contribution in [3.8, 4) is 0 Å². The van der Waals surface area contributed by atoms with Gasteiger partial charge in [0.2, 0.25) is 0 Å². The summed E-state index contributed by atoms with van der Waals surface area (Å²) in [6.45, 7) is 7.84. The Bertz CT molecular complexity index is 493. The molecular formula is C20H22S. The second kappa shape index (κ2) is 8.53. The fourth-order valence-electron chi connectivity index (χ4n) is 2.38. The Hall–Kier alpha value is -1.73. The van der Waals surface area contributed by atoms with Gasteiger partial charge in [-0.15, -0.1) is 24.9 Å². The molecule has 0 aliphatic carbocycles. The zero-order valence-electron chi connectivity index (χ0n) is 12.3. The van der Waals surface area contributed by atoms with Gasteiger partial charge in [0.05, 0.1) is 0 Å². The summed E-state index contributed by atoms with van der Waals surface area (Å²) < 4.78 is 0. The maximum Gasteiger partial charge on any atom is 0.0337 e. The van der Waals surface area contributed by atoms with Gasteiger partial charge in [-0.25, -0.2) is 0 Å². The van der Waals surface area contributed by atoms with Crippen LogP contribution in [0.1, 0.15) is 34.5 Å². The quantitative estimate of drug-likeness (QED) is 0.511. The first kappa shape index (κ1) is 15.7. The zero-order chi connectivity index (χ0) is 14.9. The van der Waals surface area contributed by atoms with Crippen molar-refractivity contribution in [2.75, 3.05) is 0 Å². The fourth-order valence-corrected chi connectivity index (χ4v) is 3.90. The number of hydrogen-bond donors (Lipinski definition) is 0. The smallest absolute Gasteiger partial charge is 0.0337 e. The van der Waals surface area contributed by atoms with Crippen molar-refractivity contribution in [1.29, 1.82) is 0 Å². The van der Waals surface area contributed by atoms with Gasteiger partial charge in [-0.05, 0) is 24.0 Å². The molecule has 0 aliphatic rings. The van der Waals surface area contributed by atoms with Gasteiger partial charge in [0, 0.05) is 10.5 Å². The standard InChI is InChI=1S/C20H22S/c1-3-11-19(17-13-7-5-8-14-17)21-20(12-4-2)18-15-9-6-10-16-18/h3-10,13-16,19-20H,1-2,11-12H2. The lowest BCUT2D eigenvalue weighted by Crippen LogP contribution is -1.99. The molecule has 2 rings (SSSR count). The largest absolute Gasteiger partial charge is 0.145 e. The van der Waals surface area contributed by atoms with E-state index in [1.807, 2.05) is 23.9 Å². The van der Waals surface area contributed by atoms with Crippen LogP contribution in [0.25, 0.3) is 0 Å². The van der Waals surface area contributed by atoms with Crippen molar-refractivity contribution in [3.05, 3.63) is 97.1 Å². The summed E-state index contributed by atoms with van der Waals surface area (Å²) in [4.78, 5) is 0. The molecule has 2 atom stereocenters. The van der Waals surface area contributed by atoms with Crippen LogP contribution < -0.4 is 0 Å². The van der Waals surface area contributed by atoms with Gasteiger partial charge in [0.15, 0.2) is 0 Å². The van der Waals surface area contributed by atoms with Crippen LogP contribution in [0.2, 0.25) is 0 Å². The number of allylic oxidation sites excluding steroid dienone is 2. The van der Waals surface area contributed by atoms with E-state index in [-0.39, 0.29) is 0 Å². The zero-order valence-corrected chi connectivity index (χ0v) is 13.1. The minimum atomic E-state index is 0.439. The third-order valence-electron chi connectivity index (χ3n) is 3.43. The highest BCUT2D eigenvalue weighted by Crippen LogP contribution is 2.44. The highest BCUT2D eigenvalue weighted by Gasteiger charge is 2.18. The highest BCUT2D eigenvalue weighted by molar-refractivity contribution is 7.99. The molecule has 0 aliphatic heterocycles. The molecule has 1 heteroatoms. The van der Waals surface area contributed by atoms with Crippen molar-refractivity contribution in [2.24, 2.45) is 0 Å². The summed E-state index contributed by atoms with van der Waals surface area (Å²) in [5.41, 5.74) is 2.74. The van der Waals surface area contributed by atoms with Crippen molar-refractivity contribution >= 4 is 11.8 Å². The summed E-state index contributed by atoms with van der Waals surface area (Å²) in [5, 5.41) is 0.878. The topological polar surface area (TPSA) is 0 Å². The van der Waals surface area contributed by atoms with E-state index in [9.17, 15) is 0 Å². The predicted molar refractivity (Wildman–Crippen MR) is 95.6 cm³/mol. The molecule has 0 N–H and O–H groups in total. The van der Waals surface area contributed by atoms with E-state index in [2.05, 4.69) is 73.8 Å². The molecule has 21 heavy (non-hydrogen) atoms. The summed E-state index contributed by atoms with van der Waals surface area (Å²) in [6.07, 6.45) is 5.99. The van der Waals surface area contributed by atoms with E-state index in [0.717, 1.165) is 12.8 Å². The van der Waals surface area contributed by atoms with Crippen LogP contribution in [0.3, 0.4) is 0 Å². The third-order valence-corrected chi connectivity index (χ3v) is 5.02. The summed E-state index contributed by atoms with van der Waals surface area (Å²) in [7, 11) is 0. The molecule has 0 radical (unpaired) electrons. The van der Waals surface area contributed by atoms with E-state index < -0.39 is 0 Å². The Kier molecular flexibility index (Phi) is 6.36. The normalized spacial score (nSPS) is 13.3. The van der Waals surface area contributed by atoms with Crippen LogP contribution in [0.5, 0.6) is 0 Å². The molecule has 0 bridgehead atoms. The first-order valence-electron chi connectivity index (χ1n) is 7.32. The molecule has 0 amide bonds. The molecule has 0 nitrogen and oxygen atoms in total. The Labute approximate surface area is 132 Å². The first-order valence-corrected chi connectivity index (χ1v) is 8.26. The van der Waals surface area contributed by atoms with Crippen molar-refractivity contribution in [2.45, 2.75) is 23.3 Å². The van der Waals surface area contributed by atoms with Crippen LogP contribution in [0, 0.1) is 0 Å². The Morgan fingerprint density at radius 1 is 0.714 bits per heavy atom. The average Bonchev–Trinajstić information content (AvgIpc) is 2.55. The van der Waals surface area contributed by atoms with E-state index in [4.69, 9.17) is 0 Å². The highest BCUT2D eigenvalue weighted by atomic mass is 32.2. The molecule has 108 valence electrons. The lowest BCUT2D eigenvalue weighted by atomic mass is 10.1. The second-order valence-electron chi connectivity index (χ2n) is 4.98. The molecule has 0 heterocycles. The molecule has 0 saturated heterocycles. The van der Waals surface area contributed by atoms with Gasteiger partial charge in [-0.1, -0.05) is 72.8 Å². The lowest BCUT2D eigenvalue weighted by molar-refractivity contribution is 0.917. The average molecular weight is 294 g/mol. The SMILES string of the molecule is C=CCC(SC(CC=C)c1ccccc1)c1ccccc1. The minimum absolute atomic E-state index is 0.439. The minimum Gasteiger partial charge on any atom is -0.145 e. The monoisotopic (exact) mass is 294 g/mol. The van der Waals surface area contributed by atoms with Crippen molar-refractivity contribution in [3.63, 3.8) is 0 Å². The number of hydrogen-bond acceptors (Lipinski definition) is 1. The van der Waals surface area contributed by atoms with E-state index >= 15 is 0 Å². The number of rotatable bonds is 8. The number of benzene rings is 2. The molecule has 0 aromatic heterocycles. The summed E-state index contributed by atoms with van der Waals surface area (Å²) in [6, 6.07) is 21.4. The van der Waals surface area contributed by atoms with Gasteiger partial charge in [0.1, 0.15) is 0 Å². The van der Waals surface area contributed by atoms with Gasteiger partial charge < -0.3 is 0 Å². The predicted octanol–water partition coefficient (Wildman–Crippen LogP) is 6.35. The molecule has 0 fully saturated rings. The van der Waals surface area contributed by atoms with Crippen LogP contribution >= 0.6 is 11.8 Å². The number of thioether (sulfide) groups is 1. The first-order chi connectivity index (χ1) is 10.3. The molecule has 2 aromatic rings. The second-order valence-corrected chi connectivity index (χ2v) is 6.39. The van der Waals surface area contributed by atoms with Gasteiger partial charge in [-0.3, -0.25) is 0 Å². The lowest BCUT2D eigenvalue weighted by Gasteiger charge is -2.22. The van der Waals surface area contributed by atoms with Gasteiger partial charge in [-0.2, -0.15) is 0 Å². The van der Waals surface area contributed by atoms with Gasteiger partial charge in [0.25, 0.3) is 0 Å². The molecule has 0 spiro atoms. The van der Waals surface area contributed by atoms with E-state index in [1.54, 1.807) is 0 Å². The fraction of sp³-hybridized carbons (Fsp3) is 0.200. The molecular weight excluding hydrogens is 272 g/mol. The summed E-state index contributed by atoms with van der Waals surface area (Å²) >= 11 is 2.00. The molecule has 0 saturated carbocycles. The Morgan fingerprint density at radius 3 is 1.43 bits per heavy atom. The van der Waals surface area contributed by atoms with Crippen molar-refractivity contribution in [1.82, 2.24) is 0 Å². The van der Waals surface area contributed by atoms with E-state index in [0.29, 0.717) is 10.5 Å². The molecule has 2 unspecified atom stereocenters. The van der Waals surface area contributed by atoms with Crippen LogP contribution in [-0.4, -0.2) is 0 Å². The third kappa shape index (κ3) is 4.64. The molecule has 2 aromatic carbocycles. The van der Waals surface area contributed by atoms with E-state index in [1.165, 1.54) is 11.1 Å². The van der Waals surface area contributed by atoms with Gasteiger partial charge >= 0.3 is 0 Å². The summed E-state index contributed by atoms with van der Waals surface area (Å²) in [5.74, 6) is 0. The maximum absolute atomic E-state index is 3.92. The van der Waals surface area contributed by atoms with Crippen LogP contribution in [-0.2, 0) is 0 Å². The Morgan fingerprint density at radius 2 is 1.10 bits per heavy atom. The van der Waals surface area contributed by atoms with Crippen LogP contribution in [0.4, 0.5) is 0 Å². The van der Waals surface area contributed by atoms with Crippen LogP contribution in [0.15, 0.2) is 86.0 Å². The van der Waals surface area contributed by atoms with Crippen molar-refractivity contribution < 1.29 is 0 Å².